The minimum Gasteiger partial charge on any atom is -0.379 e. The van der Waals surface area contributed by atoms with E-state index in [2.05, 4.69) is 33.6 Å². The first kappa shape index (κ1) is 22.1. The quantitative estimate of drug-likeness (QED) is 0.572. The second-order valence-electron chi connectivity index (χ2n) is 8.66. The number of aryl methyl sites for hydroxylation is 2. The monoisotopic (exact) mass is 465 g/mol. The van der Waals surface area contributed by atoms with E-state index < -0.39 is 0 Å². The Balaban J connectivity index is 1.30. The highest BCUT2D eigenvalue weighted by atomic mass is 35.5. The molecule has 2 aromatic carbocycles. The summed E-state index contributed by atoms with van der Waals surface area (Å²) in [5.74, 6) is 0.359. The molecule has 2 aliphatic rings. The summed E-state index contributed by atoms with van der Waals surface area (Å²) in [7, 11) is 0. The molecule has 172 valence electrons. The number of carbonyl (C=O) groups excluding carboxylic acids is 1. The van der Waals surface area contributed by atoms with Gasteiger partial charge in [-0.2, -0.15) is 0 Å². The predicted molar refractivity (Wildman–Crippen MR) is 127 cm³/mol. The van der Waals surface area contributed by atoms with E-state index in [4.69, 9.17) is 20.9 Å². The highest BCUT2D eigenvalue weighted by Crippen LogP contribution is 2.29. The Morgan fingerprint density at radius 1 is 1.06 bits per heavy atom. The van der Waals surface area contributed by atoms with Crippen LogP contribution in [0.1, 0.15) is 46.1 Å². The lowest BCUT2D eigenvalue weighted by atomic mass is 9.90. The average Bonchev–Trinajstić information content (AvgIpc) is 3.36. The molecule has 6 nitrogen and oxygen atoms in total. The maximum Gasteiger partial charge on any atom is 0.273 e. The van der Waals surface area contributed by atoms with E-state index in [0.29, 0.717) is 30.5 Å². The van der Waals surface area contributed by atoms with Gasteiger partial charge in [0.25, 0.3) is 5.91 Å². The van der Waals surface area contributed by atoms with Gasteiger partial charge in [0.1, 0.15) is 0 Å². The molecule has 1 aromatic heterocycles. The largest absolute Gasteiger partial charge is 0.379 e. The predicted octanol–water partition coefficient (Wildman–Crippen LogP) is 4.68. The molecule has 1 aliphatic carbocycles. The van der Waals surface area contributed by atoms with Crippen molar-refractivity contribution < 1.29 is 14.1 Å². The Morgan fingerprint density at radius 3 is 2.67 bits per heavy atom. The molecular weight excluding hydrogens is 438 g/mol. The molecule has 1 amide bonds. The smallest absolute Gasteiger partial charge is 0.273 e. The van der Waals surface area contributed by atoms with Crippen LogP contribution in [0.5, 0.6) is 0 Å². The van der Waals surface area contributed by atoms with Gasteiger partial charge in [0.05, 0.1) is 19.3 Å². The van der Waals surface area contributed by atoms with Gasteiger partial charge in [0.2, 0.25) is 0 Å². The number of morpholine rings is 1. The van der Waals surface area contributed by atoms with Gasteiger partial charge in [0.15, 0.2) is 11.5 Å². The SMILES string of the molecule is O=C(NC[C@H](c1ccccc1Cl)N1CCOCC1)c1cc(-c2ccc3c(c2)CCCC3)on1. The standard InChI is InChI=1S/C26H28ClN3O3/c27-22-8-4-3-7-21(22)24(30-11-13-32-14-12-30)17-28-26(31)23-16-25(33-29-23)20-10-9-18-5-1-2-6-19(18)15-20/h3-4,7-10,15-16,24H,1-2,5-6,11-14,17H2,(H,28,31)/t24-/m1/s1. The molecule has 33 heavy (non-hydrogen) atoms. The number of aromatic nitrogens is 1. The molecule has 1 atom stereocenters. The topological polar surface area (TPSA) is 67.6 Å². The van der Waals surface area contributed by atoms with Gasteiger partial charge in [-0.15, -0.1) is 0 Å². The molecule has 0 radical (unpaired) electrons. The van der Waals surface area contributed by atoms with Crippen LogP contribution in [0.4, 0.5) is 0 Å². The summed E-state index contributed by atoms with van der Waals surface area (Å²) >= 11 is 6.49. The van der Waals surface area contributed by atoms with Crippen LogP contribution in [0.3, 0.4) is 0 Å². The van der Waals surface area contributed by atoms with E-state index in [1.54, 1.807) is 6.07 Å². The summed E-state index contributed by atoms with van der Waals surface area (Å²) < 4.78 is 11.0. The lowest BCUT2D eigenvalue weighted by Gasteiger charge is -2.35. The van der Waals surface area contributed by atoms with Gasteiger partial charge >= 0.3 is 0 Å². The number of rotatable bonds is 6. The number of hydrogen-bond acceptors (Lipinski definition) is 5. The zero-order valence-corrected chi connectivity index (χ0v) is 19.3. The van der Waals surface area contributed by atoms with E-state index in [0.717, 1.165) is 37.1 Å². The maximum absolute atomic E-state index is 12.9. The summed E-state index contributed by atoms with van der Waals surface area (Å²) in [6.45, 7) is 3.34. The van der Waals surface area contributed by atoms with Crippen molar-refractivity contribution in [3.05, 3.63) is 75.9 Å². The molecule has 7 heteroatoms. The third kappa shape index (κ3) is 4.98. The van der Waals surface area contributed by atoms with Crippen molar-refractivity contribution in [2.45, 2.75) is 31.7 Å². The molecule has 2 heterocycles. The van der Waals surface area contributed by atoms with Crippen molar-refractivity contribution in [1.82, 2.24) is 15.4 Å². The second kappa shape index (κ2) is 10.1. The van der Waals surface area contributed by atoms with Crippen LogP contribution >= 0.6 is 11.6 Å². The van der Waals surface area contributed by atoms with E-state index in [9.17, 15) is 4.79 Å². The number of carbonyl (C=O) groups is 1. The molecule has 1 fully saturated rings. The van der Waals surface area contributed by atoms with E-state index in [-0.39, 0.29) is 17.6 Å². The second-order valence-corrected chi connectivity index (χ2v) is 9.07. The summed E-state index contributed by atoms with van der Waals surface area (Å²) in [5, 5.41) is 7.77. The number of fused-ring (bicyclic) bond motifs is 1. The molecule has 0 unspecified atom stereocenters. The van der Waals surface area contributed by atoms with E-state index in [1.807, 2.05) is 24.3 Å². The molecule has 1 saturated heterocycles. The Hall–Kier alpha value is -2.67. The third-order valence-corrected chi connectivity index (χ3v) is 6.93. The van der Waals surface area contributed by atoms with Crippen LogP contribution in [-0.2, 0) is 17.6 Å². The number of benzene rings is 2. The lowest BCUT2D eigenvalue weighted by molar-refractivity contribution is 0.0162. The summed E-state index contributed by atoms with van der Waals surface area (Å²) in [4.78, 5) is 15.2. The number of nitrogens with one attached hydrogen (secondary N) is 1. The van der Waals surface area contributed by atoms with Crippen molar-refractivity contribution in [3.8, 4) is 11.3 Å². The van der Waals surface area contributed by atoms with Crippen LogP contribution in [0, 0.1) is 0 Å². The summed E-state index contributed by atoms with van der Waals surface area (Å²) in [6.07, 6.45) is 4.69. The number of hydrogen-bond donors (Lipinski definition) is 1. The first-order valence-electron chi connectivity index (χ1n) is 11.6. The first-order valence-corrected chi connectivity index (χ1v) is 12.0. The maximum atomic E-state index is 12.9. The number of amides is 1. The van der Waals surface area contributed by atoms with Gasteiger partial charge in [0, 0.05) is 36.3 Å². The average molecular weight is 466 g/mol. The minimum atomic E-state index is -0.256. The van der Waals surface area contributed by atoms with Gasteiger partial charge < -0.3 is 14.6 Å². The fourth-order valence-electron chi connectivity index (χ4n) is 4.76. The van der Waals surface area contributed by atoms with Crippen molar-refractivity contribution in [1.29, 1.82) is 0 Å². The molecule has 1 N–H and O–H groups in total. The van der Waals surface area contributed by atoms with Crippen molar-refractivity contribution in [2.24, 2.45) is 0 Å². The highest BCUT2D eigenvalue weighted by Gasteiger charge is 2.25. The fourth-order valence-corrected chi connectivity index (χ4v) is 5.02. The van der Waals surface area contributed by atoms with Gasteiger partial charge in [-0.25, -0.2) is 0 Å². The van der Waals surface area contributed by atoms with Crippen LogP contribution in [-0.4, -0.2) is 48.8 Å². The minimum absolute atomic E-state index is 0.0430. The molecule has 5 rings (SSSR count). The van der Waals surface area contributed by atoms with E-state index >= 15 is 0 Å². The van der Waals surface area contributed by atoms with Crippen molar-refractivity contribution in [3.63, 3.8) is 0 Å². The normalized spacial score (nSPS) is 17.4. The number of halogens is 1. The fraction of sp³-hybridized carbons (Fsp3) is 0.385. The van der Waals surface area contributed by atoms with Gasteiger partial charge in [-0.1, -0.05) is 47.1 Å². The Labute approximate surface area is 198 Å². The highest BCUT2D eigenvalue weighted by molar-refractivity contribution is 6.31. The molecule has 1 aliphatic heterocycles. The van der Waals surface area contributed by atoms with Gasteiger partial charge in [-0.3, -0.25) is 9.69 Å². The summed E-state index contributed by atoms with van der Waals surface area (Å²) in [5.41, 5.74) is 5.02. The van der Waals surface area contributed by atoms with Gasteiger partial charge in [-0.05, 0) is 54.5 Å². The zero-order chi connectivity index (χ0) is 22.6. The Bertz CT molecular complexity index is 1120. The number of nitrogens with zero attached hydrogens (tertiary/aromatic N) is 2. The van der Waals surface area contributed by atoms with Crippen molar-refractivity contribution >= 4 is 17.5 Å². The van der Waals surface area contributed by atoms with Crippen LogP contribution in [0.2, 0.25) is 5.02 Å². The van der Waals surface area contributed by atoms with Crippen LogP contribution in [0.25, 0.3) is 11.3 Å². The van der Waals surface area contributed by atoms with Crippen molar-refractivity contribution in [2.75, 3.05) is 32.8 Å². The molecule has 0 saturated carbocycles. The molecule has 3 aromatic rings. The summed E-state index contributed by atoms with van der Waals surface area (Å²) in [6, 6.07) is 15.9. The van der Waals surface area contributed by atoms with Crippen LogP contribution in [0.15, 0.2) is 53.1 Å². The lowest BCUT2D eigenvalue weighted by Crippen LogP contribution is -2.44. The molecule has 0 spiro atoms. The third-order valence-electron chi connectivity index (χ3n) is 6.58. The number of ether oxygens (including phenoxy) is 1. The van der Waals surface area contributed by atoms with Crippen LogP contribution < -0.4 is 5.32 Å². The molecular formula is C26H28ClN3O3. The Morgan fingerprint density at radius 2 is 1.85 bits per heavy atom. The Kier molecular flexibility index (Phi) is 6.76. The zero-order valence-electron chi connectivity index (χ0n) is 18.6. The van der Waals surface area contributed by atoms with E-state index in [1.165, 1.54) is 24.0 Å². The first-order chi connectivity index (χ1) is 16.2. The molecule has 0 bridgehead atoms.